The minimum absolute atomic E-state index is 0.0126. The van der Waals surface area contributed by atoms with Gasteiger partial charge < -0.3 is 19.0 Å². The summed E-state index contributed by atoms with van der Waals surface area (Å²) < 4.78 is 9.89. The second kappa shape index (κ2) is 3.53. The van der Waals surface area contributed by atoms with Gasteiger partial charge in [-0.25, -0.2) is 4.79 Å². The molecule has 2 aromatic heterocycles. The number of carboxylic acids is 1. The second-order valence-corrected chi connectivity index (χ2v) is 3.55. The number of carboxylic acid groups (broad SMARTS) is 1. The van der Waals surface area contributed by atoms with Crippen LogP contribution in [0.5, 0.6) is 0 Å². The first-order chi connectivity index (χ1) is 7.53. The van der Waals surface area contributed by atoms with Crippen LogP contribution in [-0.4, -0.2) is 16.2 Å². The molecule has 0 fully saturated rings. The van der Waals surface area contributed by atoms with Crippen molar-refractivity contribution in [3.8, 4) is 0 Å². The van der Waals surface area contributed by atoms with Crippen molar-refractivity contribution in [2.24, 2.45) is 0 Å². The van der Waals surface area contributed by atoms with Crippen LogP contribution in [-0.2, 0) is 5.60 Å². The van der Waals surface area contributed by atoms with Gasteiger partial charge in [0.2, 0.25) is 0 Å². The van der Waals surface area contributed by atoms with Crippen LogP contribution < -0.4 is 0 Å². The minimum Gasteiger partial charge on any atom is -0.478 e. The molecule has 2 heterocycles. The summed E-state index contributed by atoms with van der Waals surface area (Å²) in [4.78, 5) is 10.9. The molecule has 0 radical (unpaired) electrons. The molecule has 1 unspecified atom stereocenters. The fourth-order valence-electron chi connectivity index (χ4n) is 1.53. The van der Waals surface area contributed by atoms with E-state index in [1.165, 1.54) is 31.8 Å². The summed E-state index contributed by atoms with van der Waals surface area (Å²) in [5, 5.41) is 19.2. The lowest BCUT2D eigenvalue weighted by Gasteiger charge is -2.19. The Morgan fingerprint density at radius 3 is 2.69 bits per heavy atom. The first-order valence-electron chi connectivity index (χ1n) is 4.60. The predicted molar refractivity (Wildman–Crippen MR) is 53.0 cm³/mol. The van der Waals surface area contributed by atoms with Crippen molar-refractivity contribution in [2.75, 3.05) is 0 Å². The Morgan fingerprint density at radius 1 is 1.38 bits per heavy atom. The van der Waals surface area contributed by atoms with E-state index >= 15 is 0 Å². The summed E-state index contributed by atoms with van der Waals surface area (Å²) in [6, 6.07) is 2.85. The molecule has 0 spiro atoms. The number of carbonyl (C=O) groups is 1. The Labute approximate surface area is 90.9 Å². The van der Waals surface area contributed by atoms with Gasteiger partial charge in [-0.1, -0.05) is 0 Å². The Morgan fingerprint density at radius 2 is 2.12 bits per heavy atom. The predicted octanol–water partition coefficient (Wildman–Crippen LogP) is 1.83. The molecule has 5 nitrogen and oxygen atoms in total. The highest BCUT2D eigenvalue weighted by Crippen LogP contribution is 2.32. The summed E-state index contributed by atoms with van der Waals surface area (Å²) >= 11 is 0. The Bertz CT molecular complexity index is 492. The maximum Gasteiger partial charge on any atom is 0.339 e. The van der Waals surface area contributed by atoms with E-state index in [0.29, 0.717) is 5.56 Å². The number of aromatic carboxylic acids is 1. The molecule has 84 valence electrons. The zero-order valence-corrected chi connectivity index (χ0v) is 8.51. The molecule has 0 saturated heterocycles. The average Bonchev–Trinajstić information content (AvgIpc) is 2.89. The van der Waals surface area contributed by atoms with E-state index in [1.54, 1.807) is 6.07 Å². The summed E-state index contributed by atoms with van der Waals surface area (Å²) in [6.07, 6.45) is 3.97. The van der Waals surface area contributed by atoms with E-state index in [4.69, 9.17) is 13.9 Å². The van der Waals surface area contributed by atoms with E-state index in [2.05, 4.69) is 0 Å². The number of furan rings is 2. The average molecular weight is 222 g/mol. The maximum absolute atomic E-state index is 10.9. The quantitative estimate of drug-likeness (QED) is 0.827. The molecular formula is C11H10O5. The fraction of sp³-hybridized carbons (Fsp3) is 0.182. The highest BCUT2D eigenvalue weighted by Gasteiger charge is 2.34. The van der Waals surface area contributed by atoms with Crippen molar-refractivity contribution < 1.29 is 23.8 Å². The lowest BCUT2D eigenvalue weighted by Crippen LogP contribution is -2.23. The lowest BCUT2D eigenvalue weighted by molar-refractivity contribution is 0.0613. The van der Waals surface area contributed by atoms with Crippen LogP contribution in [0.15, 0.2) is 39.8 Å². The smallest absolute Gasteiger partial charge is 0.339 e. The number of hydrogen-bond donors (Lipinski definition) is 2. The molecule has 2 rings (SSSR count). The van der Waals surface area contributed by atoms with Crippen molar-refractivity contribution in [2.45, 2.75) is 12.5 Å². The molecule has 1 atom stereocenters. The van der Waals surface area contributed by atoms with Crippen LogP contribution in [0.4, 0.5) is 0 Å². The molecule has 2 aromatic rings. The minimum atomic E-state index is -1.52. The Balaban J connectivity index is 2.51. The molecule has 0 saturated carbocycles. The zero-order chi connectivity index (χ0) is 11.8. The summed E-state index contributed by atoms with van der Waals surface area (Å²) in [6.45, 7) is 1.45. The van der Waals surface area contributed by atoms with Crippen LogP contribution in [0, 0.1) is 0 Å². The van der Waals surface area contributed by atoms with E-state index < -0.39 is 11.6 Å². The molecule has 0 aliphatic carbocycles. The molecule has 0 aromatic carbocycles. The summed E-state index contributed by atoms with van der Waals surface area (Å²) in [7, 11) is 0. The molecule has 2 N–H and O–H groups in total. The van der Waals surface area contributed by atoms with Gasteiger partial charge in [0.05, 0.1) is 18.8 Å². The molecule has 0 amide bonds. The van der Waals surface area contributed by atoms with Crippen molar-refractivity contribution in [3.63, 3.8) is 0 Å². The van der Waals surface area contributed by atoms with Gasteiger partial charge in [-0.3, -0.25) is 0 Å². The maximum atomic E-state index is 10.9. The molecule has 0 aliphatic heterocycles. The summed E-state index contributed by atoms with van der Waals surface area (Å²) in [5.41, 5.74) is -1.15. The number of rotatable bonds is 3. The van der Waals surface area contributed by atoms with Crippen LogP contribution in [0.25, 0.3) is 0 Å². The van der Waals surface area contributed by atoms with Crippen LogP contribution in [0.3, 0.4) is 0 Å². The summed E-state index contributed by atoms with van der Waals surface area (Å²) in [5.74, 6) is -1.16. The zero-order valence-electron chi connectivity index (χ0n) is 8.51. The third-order valence-electron chi connectivity index (χ3n) is 2.42. The topological polar surface area (TPSA) is 83.8 Å². The van der Waals surface area contributed by atoms with Crippen molar-refractivity contribution in [3.05, 3.63) is 47.8 Å². The van der Waals surface area contributed by atoms with Crippen molar-refractivity contribution >= 4 is 5.97 Å². The molecule has 0 bridgehead atoms. The second-order valence-electron chi connectivity index (χ2n) is 3.55. The Hall–Kier alpha value is -2.01. The van der Waals surface area contributed by atoms with Crippen LogP contribution in [0.1, 0.15) is 28.6 Å². The standard InChI is InChI=1S/C11H10O5/c1-11(14,7-2-4-15-6-7)9-8(10(12)13)3-5-16-9/h2-6,14H,1H3,(H,12,13). The van der Waals surface area contributed by atoms with Gasteiger partial charge in [0.15, 0.2) is 5.76 Å². The first-order valence-corrected chi connectivity index (χ1v) is 4.60. The first kappa shape index (κ1) is 10.5. The highest BCUT2D eigenvalue weighted by molar-refractivity contribution is 5.89. The number of hydrogen-bond acceptors (Lipinski definition) is 4. The van der Waals surface area contributed by atoms with Gasteiger partial charge in [-0.2, -0.15) is 0 Å². The Kier molecular flexibility index (Phi) is 2.32. The normalized spacial score (nSPS) is 14.6. The monoisotopic (exact) mass is 222 g/mol. The van der Waals surface area contributed by atoms with Gasteiger partial charge in [-0.05, 0) is 19.1 Å². The fourth-order valence-corrected chi connectivity index (χ4v) is 1.53. The molecular weight excluding hydrogens is 212 g/mol. The van der Waals surface area contributed by atoms with Gasteiger partial charge in [-0.15, -0.1) is 0 Å². The van der Waals surface area contributed by atoms with Gasteiger partial charge in [0.25, 0.3) is 0 Å². The third kappa shape index (κ3) is 1.51. The largest absolute Gasteiger partial charge is 0.478 e. The van der Waals surface area contributed by atoms with Crippen molar-refractivity contribution in [1.82, 2.24) is 0 Å². The molecule has 5 heteroatoms. The third-order valence-corrected chi connectivity index (χ3v) is 2.42. The van der Waals surface area contributed by atoms with Gasteiger partial charge in [0, 0.05) is 5.56 Å². The SMILES string of the molecule is CC(O)(c1ccoc1)c1occc1C(=O)O. The van der Waals surface area contributed by atoms with Crippen molar-refractivity contribution in [1.29, 1.82) is 0 Å². The lowest BCUT2D eigenvalue weighted by atomic mass is 9.93. The molecule has 16 heavy (non-hydrogen) atoms. The van der Waals surface area contributed by atoms with Gasteiger partial charge >= 0.3 is 5.97 Å². The number of aliphatic hydroxyl groups is 1. The van der Waals surface area contributed by atoms with Crippen LogP contribution >= 0.6 is 0 Å². The highest BCUT2D eigenvalue weighted by atomic mass is 16.4. The van der Waals surface area contributed by atoms with E-state index in [0.717, 1.165) is 0 Å². The van der Waals surface area contributed by atoms with Crippen LogP contribution in [0.2, 0.25) is 0 Å². The van der Waals surface area contributed by atoms with E-state index in [1.807, 2.05) is 0 Å². The van der Waals surface area contributed by atoms with E-state index in [9.17, 15) is 9.90 Å². The van der Waals surface area contributed by atoms with Gasteiger partial charge in [0.1, 0.15) is 11.2 Å². The van der Waals surface area contributed by atoms with E-state index in [-0.39, 0.29) is 11.3 Å². The molecule has 0 aliphatic rings.